The highest BCUT2D eigenvalue weighted by molar-refractivity contribution is 5.75. The zero-order chi connectivity index (χ0) is 15.5. The Balaban J connectivity index is 2.06. The Morgan fingerprint density at radius 1 is 0.773 bits per heavy atom. The van der Waals surface area contributed by atoms with E-state index in [0.717, 1.165) is 16.7 Å². The lowest BCUT2D eigenvalue weighted by molar-refractivity contribution is 1.18. The number of nitrogens with two attached hydrogens (primary N) is 2. The molecule has 0 aliphatic rings. The average Bonchev–Trinajstić information content (AvgIpc) is 2.55. The Labute approximate surface area is 127 Å². The van der Waals surface area contributed by atoms with Crippen LogP contribution in [0.1, 0.15) is 5.56 Å². The molecule has 5 heteroatoms. The Hall–Kier alpha value is -3.39. The van der Waals surface area contributed by atoms with Crippen LogP contribution >= 0.6 is 0 Å². The van der Waals surface area contributed by atoms with Crippen molar-refractivity contribution in [1.29, 1.82) is 5.26 Å². The summed E-state index contributed by atoms with van der Waals surface area (Å²) >= 11 is 0. The summed E-state index contributed by atoms with van der Waals surface area (Å²) in [5.74, 6) is 0.149. The fourth-order valence-electron chi connectivity index (χ4n) is 2.27. The van der Waals surface area contributed by atoms with E-state index in [1.54, 1.807) is 0 Å². The van der Waals surface area contributed by atoms with E-state index in [9.17, 15) is 5.26 Å². The van der Waals surface area contributed by atoms with Crippen LogP contribution in [0.25, 0.3) is 22.4 Å². The fraction of sp³-hybridized carbons (Fsp3) is 0. The summed E-state index contributed by atoms with van der Waals surface area (Å²) in [6.07, 6.45) is 0. The van der Waals surface area contributed by atoms with Gasteiger partial charge in [-0.2, -0.15) is 10.2 Å². The van der Waals surface area contributed by atoms with Crippen LogP contribution in [0.5, 0.6) is 0 Å². The second-order valence-electron chi connectivity index (χ2n) is 4.75. The van der Waals surface area contributed by atoms with Crippen molar-refractivity contribution in [2.45, 2.75) is 0 Å². The lowest BCUT2D eigenvalue weighted by Crippen LogP contribution is -2.04. The van der Waals surface area contributed by atoms with Gasteiger partial charge in [0.15, 0.2) is 0 Å². The van der Waals surface area contributed by atoms with E-state index < -0.39 is 0 Å². The molecule has 0 aliphatic heterocycles. The Morgan fingerprint density at radius 2 is 1.36 bits per heavy atom. The second-order valence-corrected chi connectivity index (χ2v) is 4.75. The molecule has 0 radical (unpaired) electrons. The largest absolute Gasteiger partial charge is 0.382 e. The Morgan fingerprint density at radius 3 is 2.00 bits per heavy atom. The molecule has 22 heavy (non-hydrogen) atoms. The number of hydrogen-bond donors (Lipinski definition) is 2. The number of rotatable bonds is 2. The lowest BCUT2D eigenvalue weighted by atomic mass is 10.0. The molecule has 0 spiro atoms. The summed E-state index contributed by atoms with van der Waals surface area (Å²) in [5, 5.41) is 9.23. The molecular weight excluding hydrogens is 274 g/mol. The summed E-state index contributed by atoms with van der Waals surface area (Å²) < 4.78 is 0. The predicted octanol–water partition coefficient (Wildman–Crippen LogP) is 2.85. The highest BCUT2D eigenvalue weighted by atomic mass is 15.0. The molecule has 0 aliphatic carbocycles. The van der Waals surface area contributed by atoms with Crippen molar-refractivity contribution in [1.82, 2.24) is 9.97 Å². The SMILES string of the molecule is N#Cc1c(N)nc(N)nc1-c1ccc(-c2ccccc2)cc1. The van der Waals surface area contributed by atoms with E-state index in [1.165, 1.54) is 0 Å². The van der Waals surface area contributed by atoms with Crippen LogP contribution in [0.2, 0.25) is 0 Å². The minimum absolute atomic E-state index is 0.0543. The minimum Gasteiger partial charge on any atom is -0.382 e. The smallest absolute Gasteiger partial charge is 0.222 e. The summed E-state index contributed by atoms with van der Waals surface area (Å²) in [7, 11) is 0. The molecule has 0 saturated heterocycles. The molecule has 0 unspecified atom stereocenters. The summed E-state index contributed by atoms with van der Waals surface area (Å²) in [4.78, 5) is 7.96. The van der Waals surface area contributed by atoms with Gasteiger partial charge in [-0.1, -0.05) is 54.6 Å². The third-order valence-electron chi connectivity index (χ3n) is 3.33. The highest BCUT2D eigenvalue weighted by Crippen LogP contribution is 2.27. The van der Waals surface area contributed by atoms with Gasteiger partial charge in [0.05, 0.1) is 5.69 Å². The molecule has 0 bridgehead atoms. The van der Waals surface area contributed by atoms with Crippen LogP contribution in [-0.2, 0) is 0 Å². The van der Waals surface area contributed by atoms with Crippen molar-refractivity contribution in [3.8, 4) is 28.5 Å². The third-order valence-corrected chi connectivity index (χ3v) is 3.33. The molecule has 0 fully saturated rings. The maximum absolute atomic E-state index is 9.23. The molecule has 1 heterocycles. The Kier molecular flexibility index (Phi) is 3.42. The van der Waals surface area contributed by atoms with Gasteiger partial charge in [-0.15, -0.1) is 0 Å². The van der Waals surface area contributed by atoms with Gasteiger partial charge in [-0.3, -0.25) is 0 Å². The first-order valence-corrected chi connectivity index (χ1v) is 6.68. The molecule has 5 nitrogen and oxygen atoms in total. The van der Waals surface area contributed by atoms with Gasteiger partial charge in [-0.25, -0.2) is 4.98 Å². The normalized spacial score (nSPS) is 10.1. The van der Waals surface area contributed by atoms with Crippen molar-refractivity contribution < 1.29 is 0 Å². The monoisotopic (exact) mass is 287 g/mol. The van der Waals surface area contributed by atoms with Gasteiger partial charge in [-0.05, 0) is 11.1 Å². The fourth-order valence-corrected chi connectivity index (χ4v) is 2.27. The van der Waals surface area contributed by atoms with Gasteiger partial charge in [0.1, 0.15) is 17.5 Å². The summed E-state index contributed by atoms with van der Waals surface area (Å²) in [6.45, 7) is 0. The van der Waals surface area contributed by atoms with Crippen LogP contribution in [0, 0.1) is 11.3 Å². The topological polar surface area (TPSA) is 102 Å². The van der Waals surface area contributed by atoms with Crippen molar-refractivity contribution >= 4 is 11.8 Å². The quantitative estimate of drug-likeness (QED) is 0.754. The van der Waals surface area contributed by atoms with E-state index >= 15 is 0 Å². The minimum atomic E-state index is 0.0543. The lowest BCUT2D eigenvalue weighted by Gasteiger charge is -2.08. The van der Waals surface area contributed by atoms with Crippen LogP contribution in [0.4, 0.5) is 11.8 Å². The molecule has 106 valence electrons. The molecule has 0 amide bonds. The molecule has 2 aromatic carbocycles. The zero-order valence-electron chi connectivity index (χ0n) is 11.7. The molecule has 3 rings (SSSR count). The van der Waals surface area contributed by atoms with E-state index in [4.69, 9.17) is 11.5 Å². The first kappa shape index (κ1) is 13.6. The number of benzene rings is 2. The van der Waals surface area contributed by atoms with Crippen molar-refractivity contribution in [3.05, 3.63) is 60.2 Å². The molecule has 1 aromatic heterocycles. The van der Waals surface area contributed by atoms with Crippen LogP contribution in [0.3, 0.4) is 0 Å². The van der Waals surface area contributed by atoms with Gasteiger partial charge >= 0.3 is 0 Å². The van der Waals surface area contributed by atoms with E-state index in [1.807, 2.05) is 60.7 Å². The van der Waals surface area contributed by atoms with Crippen LogP contribution in [0.15, 0.2) is 54.6 Å². The Bertz CT molecular complexity index is 849. The van der Waals surface area contributed by atoms with Crippen LogP contribution < -0.4 is 11.5 Å². The zero-order valence-corrected chi connectivity index (χ0v) is 11.7. The number of anilines is 2. The predicted molar refractivity (Wildman–Crippen MR) is 86.4 cm³/mol. The third kappa shape index (κ3) is 2.45. The molecule has 0 saturated carbocycles. The van der Waals surface area contributed by atoms with E-state index in [2.05, 4.69) is 9.97 Å². The second kappa shape index (κ2) is 5.54. The summed E-state index contributed by atoms with van der Waals surface area (Å²) in [5.41, 5.74) is 15.0. The maximum atomic E-state index is 9.23. The van der Waals surface area contributed by atoms with Gasteiger partial charge in [0.2, 0.25) is 5.95 Å². The molecule has 4 N–H and O–H groups in total. The van der Waals surface area contributed by atoms with Gasteiger partial charge in [0, 0.05) is 5.56 Å². The van der Waals surface area contributed by atoms with Crippen molar-refractivity contribution in [2.24, 2.45) is 0 Å². The molecular formula is C17H13N5. The first-order valence-electron chi connectivity index (χ1n) is 6.68. The van der Waals surface area contributed by atoms with Crippen molar-refractivity contribution in [3.63, 3.8) is 0 Å². The summed E-state index contributed by atoms with van der Waals surface area (Å²) in [6, 6.07) is 19.8. The molecule has 3 aromatic rings. The molecule has 0 atom stereocenters. The van der Waals surface area contributed by atoms with E-state index in [0.29, 0.717) is 5.69 Å². The van der Waals surface area contributed by atoms with E-state index in [-0.39, 0.29) is 17.3 Å². The van der Waals surface area contributed by atoms with Crippen LogP contribution in [-0.4, -0.2) is 9.97 Å². The number of nitriles is 1. The number of hydrogen-bond acceptors (Lipinski definition) is 5. The standard InChI is InChI=1S/C17H13N5/c18-10-14-15(21-17(20)22-16(14)19)13-8-6-12(7-9-13)11-4-2-1-3-5-11/h1-9H,(H4,19,20,21,22). The number of nitrogen functional groups attached to an aromatic ring is 2. The highest BCUT2D eigenvalue weighted by Gasteiger charge is 2.13. The van der Waals surface area contributed by atoms with Crippen molar-refractivity contribution in [2.75, 3.05) is 11.5 Å². The number of aromatic nitrogens is 2. The average molecular weight is 287 g/mol. The number of nitrogens with zero attached hydrogens (tertiary/aromatic N) is 3. The first-order chi connectivity index (χ1) is 10.7. The maximum Gasteiger partial charge on any atom is 0.222 e. The van der Waals surface area contributed by atoms with Gasteiger partial charge in [0.25, 0.3) is 0 Å². The van der Waals surface area contributed by atoms with Gasteiger partial charge < -0.3 is 11.5 Å².